The van der Waals surface area contributed by atoms with E-state index in [1.807, 2.05) is 6.26 Å². The van der Waals surface area contributed by atoms with Gasteiger partial charge in [0.15, 0.2) is 0 Å². The van der Waals surface area contributed by atoms with Crippen molar-refractivity contribution in [1.82, 2.24) is 4.90 Å². The summed E-state index contributed by atoms with van der Waals surface area (Å²) in [5.74, 6) is 0.560. The van der Waals surface area contributed by atoms with Crippen molar-refractivity contribution in [2.45, 2.75) is 57.3 Å². The highest BCUT2D eigenvalue weighted by Gasteiger charge is 2.39. The minimum absolute atomic E-state index is 0.334. The number of benzene rings is 1. The standard InChI is InChI=1S/C25H33NO2S/c1-27-17-5-7-22-23(26-15-3-2-4-16-26)13-14-24(22)28-19-20-9-11-21(12-10-20)25-8-6-18-29-25/h5-6,8-12,17-18,22-24H,2-4,7,13-16,19H2,1H3. The largest absolute Gasteiger partial charge is 0.505 e. The Kier molecular flexibility index (Phi) is 7.42. The van der Waals surface area contributed by atoms with Crippen molar-refractivity contribution in [3.63, 3.8) is 0 Å². The van der Waals surface area contributed by atoms with E-state index in [1.54, 1.807) is 18.4 Å². The minimum Gasteiger partial charge on any atom is -0.505 e. The molecule has 2 fully saturated rings. The second-order valence-electron chi connectivity index (χ2n) is 8.27. The van der Waals surface area contributed by atoms with Crippen molar-refractivity contribution in [3.8, 4) is 10.4 Å². The number of hydrogen-bond donors (Lipinski definition) is 0. The third-order valence-corrected chi connectivity index (χ3v) is 7.36. The summed E-state index contributed by atoms with van der Waals surface area (Å²) in [6.45, 7) is 3.21. The number of rotatable bonds is 8. The Morgan fingerprint density at radius 3 is 2.62 bits per heavy atom. The van der Waals surface area contributed by atoms with Crippen LogP contribution < -0.4 is 0 Å². The van der Waals surface area contributed by atoms with Gasteiger partial charge < -0.3 is 14.4 Å². The molecule has 3 atom stereocenters. The fourth-order valence-corrected chi connectivity index (χ4v) is 5.68. The fourth-order valence-electron chi connectivity index (χ4n) is 4.95. The molecule has 2 aromatic rings. The average molecular weight is 412 g/mol. The van der Waals surface area contributed by atoms with Gasteiger partial charge in [-0.3, -0.25) is 0 Å². The fraction of sp³-hybridized carbons (Fsp3) is 0.520. The third-order valence-electron chi connectivity index (χ3n) is 6.44. The van der Waals surface area contributed by atoms with Crippen LogP contribution in [0.2, 0.25) is 0 Å². The van der Waals surface area contributed by atoms with Crippen molar-refractivity contribution < 1.29 is 9.47 Å². The van der Waals surface area contributed by atoms with E-state index in [0.29, 0.717) is 24.7 Å². The molecule has 0 bridgehead atoms. The molecular weight excluding hydrogens is 378 g/mol. The smallest absolute Gasteiger partial charge is 0.0784 e. The molecule has 3 nitrogen and oxygen atoms in total. The monoisotopic (exact) mass is 411 g/mol. The van der Waals surface area contributed by atoms with E-state index in [4.69, 9.17) is 9.47 Å². The molecule has 1 saturated carbocycles. The van der Waals surface area contributed by atoms with E-state index in [0.717, 1.165) is 6.42 Å². The maximum Gasteiger partial charge on any atom is 0.0784 e. The lowest BCUT2D eigenvalue weighted by Gasteiger charge is -2.36. The zero-order valence-electron chi connectivity index (χ0n) is 17.5. The molecule has 1 saturated heterocycles. The molecule has 1 aromatic carbocycles. The predicted molar refractivity (Wildman–Crippen MR) is 121 cm³/mol. The van der Waals surface area contributed by atoms with E-state index in [9.17, 15) is 0 Å². The average Bonchev–Trinajstić information content (AvgIpc) is 3.44. The van der Waals surface area contributed by atoms with Crippen LogP contribution in [-0.4, -0.2) is 37.2 Å². The Labute approximate surface area is 179 Å². The van der Waals surface area contributed by atoms with E-state index < -0.39 is 0 Å². The number of hydrogen-bond acceptors (Lipinski definition) is 4. The highest BCUT2D eigenvalue weighted by molar-refractivity contribution is 7.13. The molecule has 0 N–H and O–H groups in total. The Morgan fingerprint density at radius 1 is 1.07 bits per heavy atom. The van der Waals surface area contributed by atoms with E-state index in [-0.39, 0.29) is 0 Å². The van der Waals surface area contributed by atoms with Crippen molar-refractivity contribution in [2.24, 2.45) is 5.92 Å². The van der Waals surface area contributed by atoms with Crippen LogP contribution in [0.4, 0.5) is 0 Å². The van der Waals surface area contributed by atoms with E-state index >= 15 is 0 Å². The summed E-state index contributed by atoms with van der Waals surface area (Å²) in [5.41, 5.74) is 2.55. The van der Waals surface area contributed by atoms with Gasteiger partial charge in [-0.25, -0.2) is 0 Å². The van der Waals surface area contributed by atoms with Gasteiger partial charge in [0.25, 0.3) is 0 Å². The van der Waals surface area contributed by atoms with Crippen molar-refractivity contribution >= 4 is 11.3 Å². The quantitative estimate of drug-likeness (QED) is 0.489. The molecule has 1 aliphatic heterocycles. The van der Waals surface area contributed by atoms with Crippen LogP contribution in [0.25, 0.3) is 10.4 Å². The molecule has 2 heterocycles. The first kappa shape index (κ1) is 20.6. The van der Waals surface area contributed by atoms with Crippen LogP contribution >= 0.6 is 11.3 Å². The van der Waals surface area contributed by atoms with E-state index in [2.05, 4.69) is 52.8 Å². The summed E-state index contributed by atoms with van der Waals surface area (Å²) in [6.07, 6.45) is 11.9. The number of likely N-dealkylation sites (tertiary alicyclic amines) is 1. The molecule has 3 unspecified atom stereocenters. The summed E-state index contributed by atoms with van der Waals surface area (Å²) in [6, 6.07) is 13.8. The molecule has 4 rings (SSSR count). The number of thiophene rings is 1. The number of methoxy groups -OCH3 is 1. The SMILES string of the molecule is COC=CCC1C(OCc2ccc(-c3cccs3)cc2)CCC1N1CCCCC1. The van der Waals surface area contributed by atoms with Gasteiger partial charge in [0.05, 0.1) is 26.1 Å². The zero-order valence-corrected chi connectivity index (χ0v) is 18.3. The van der Waals surface area contributed by atoms with E-state index in [1.165, 1.54) is 61.2 Å². The molecular formula is C25H33NO2S. The van der Waals surface area contributed by atoms with Gasteiger partial charge >= 0.3 is 0 Å². The van der Waals surface area contributed by atoms with Crippen LogP contribution in [0.1, 0.15) is 44.1 Å². The zero-order chi connectivity index (χ0) is 19.9. The van der Waals surface area contributed by atoms with Gasteiger partial charge in [-0.15, -0.1) is 11.3 Å². The highest BCUT2D eigenvalue weighted by atomic mass is 32.1. The Morgan fingerprint density at radius 2 is 1.90 bits per heavy atom. The van der Waals surface area contributed by atoms with Gasteiger partial charge in [0.1, 0.15) is 0 Å². The normalized spacial score (nSPS) is 25.6. The Balaban J connectivity index is 1.37. The first-order chi connectivity index (χ1) is 14.3. The maximum absolute atomic E-state index is 6.49. The molecule has 4 heteroatoms. The predicted octanol–water partition coefficient (Wildman–Crippen LogP) is 6.12. The molecule has 1 aromatic heterocycles. The van der Waals surface area contributed by atoms with Crippen LogP contribution in [0.15, 0.2) is 54.1 Å². The Bertz CT molecular complexity index is 750. The number of piperidine rings is 1. The van der Waals surface area contributed by atoms with Gasteiger partial charge in [0.2, 0.25) is 0 Å². The molecule has 1 aliphatic carbocycles. The van der Waals surface area contributed by atoms with Crippen molar-refractivity contribution in [3.05, 3.63) is 59.7 Å². The molecule has 2 aliphatic rings. The Hall–Kier alpha value is -1.62. The van der Waals surface area contributed by atoms with Crippen molar-refractivity contribution in [1.29, 1.82) is 0 Å². The lowest BCUT2D eigenvalue weighted by Crippen LogP contribution is -2.43. The van der Waals surface area contributed by atoms with Crippen LogP contribution in [0.3, 0.4) is 0 Å². The van der Waals surface area contributed by atoms with Crippen LogP contribution in [0.5, 0.6) is 0 Å². The summed E-state index contributed by atoms with van der Waals surface area (Å²) in [5, 5.41) is 2.13. The third kappa shape index (κ3) is 5.30. The van der Waals surface area contributed by atoms with Crippen LogP contribution in [-0.2, 0) is 16.1 Å². The first-order valence-corrected chi connectivity index (χ1v) is 11.9. The number of allylic oxidation sites excluding steroid dienone is 1. The lowest BCUT2D eigenvalue weighted by molar-refractivity contribution is -0.000258. The molecule has 0 radical (unpaired) electrons. The summed E-state index contributed by atoms with van der Waals surface area (Å²) >= 11 is 1.79. The maximum atomic E-state index is 6.49. The number of nitrogens with zero attached hydrogens (tertiary/aromatic N) is 1. The van der Waals surface area contributed by atoms with Gasteiger partial charge in [0, 0.05) is 16.8 Å². The first-order valence-electron chi connectivity index (χ1n) is 11.0. The van der Waals surface area contributed by atoms with Gasteiger partial charge in [-0.05, 0) is 73.8 Å². The lowest BCUT2D eigenvalue weighted by atomic mass is 9.94. The highest BCUT2D eigenvalue weighted by Crippen LogP contribution is 2.37. The number of ether oxygens (including phenoxy) is 2. The van der Waals surface area contributed by atoms with Gasteiger partial charge in [-0.1, -0.05) is 36.8 Å². The summed E-state index contributed by atoms with van der Waals surface area (Å²) in [7, 11) is 1.72. The second kappa shape index (κ2) is 10.4. The van der Waals surface area contributed by atoms with Crippen LogP contribution in [0, 0.1) is 5.92 Å². The topological polar surface area (TPSA) is 21.7 Å². The second-order valence-corrected chi connectivity index (χ2v) is 9.22. The minimum atomic E-state index is 0.334. The summed E-state index contributed by atoms with van der Waals surface area (Å²) in [4.78, 5) is 4.05. The molecule has 0 spiro atoms. The molecule has 0 amide bonds. The van der Waals surface area contributed by atoms with Crippen molar-refractivity contribution in [2.75, 3.05) is 20.2 Å². The summed E-state index contributed by atoms with van der Waals surface area (Å²) < 4.78 is 11.6. The molecule has 156 valence electrons. The molecule has 29 heavy (non-hydrogen) atoms. The van der Waals surface area contributed by atoms with Gasteiger partial charge in [-0.2, -0.15) is 0 Å².